The summed E-state index contributed by atoms with van der Waals surface area (Å²) in [5.74, 6) is -1.51. The highest BCUT2D eigenvalue weighted by Crippen LogP contribution is 2.22. The largest absolute Gasteiger partial charge is 0.478 e. The first-order valence-electron chi connectivity index (χ1n) is 5.58. The molecule has 2 aromatic rings. The van der Waals surface area contributed by atoms with E-state index >= 15 is 0 Å². The molecule has 2 rings (SSSR count). The molecule has 2 N–H and O–H groups in total. The van der Waals surface area contributed by atoms with Crippen molar-refractivity contribution in [1.82, 2.24) is 0 Å². The van der Waals surface area contributed by atoms with E-state index in [0.717, 1.165) is 3.57 Å². The number of carboxylic acid groups (broad SMARTS) is 1. The zero-order valence-corrected chi connectivity index (χ0v) is 13.0. The van der Waals surface area contributed by atoms with Crippen molar-refractivity contribution in [1.29, 1.82) is 0 Å². The fourth-order valence-corrected chi connectivity index (χ4v) is 2.44. The van der Waals surface area contributed by atoms with E-state index in [9.17, 15) is 9.59 Å². The molecule has 0 radical (unpaired) electrons. The van der Waals surface area contributed by atoms with Crippen molar-refractivity contribution in [2.75, 3.05) is 5.32 Å². The number of rotatable bonds is 3. The Bertz CT molecular complexity index is 688. The van der Waals surface area contributed by atoms with Crippen LogP contribution in [0.15, 0.2) is 42.5 Å². The minimum atomic E-state index is -1.15. The first kappa shape index (κ1) is 14.8. The summed E-state index contributed by atoms with van der Waals surface area (Å²) in [5, 5.41) is 12.0. The molecule has 0 aliphatic rings. The number of carboxylic acids is 1. The highest BCUT2D eigenvalue weighted by molar-refractivity contribution is 14.1. The molecular formula is C14H9ClINO3. The molecule has 0 fully saturated rings. The maximum absolute atomic E-state index is 12.2. The molecule has 2 aromatic carbocycles. The van der Waals surface area contributed by atoms with Crippen LogP contribution in [-0.4, -0.2) is 17.0 Å². The first-order chi connectivity index (χ1) is 9.49. The number of anilines is 1. The van der Waals surface area contributed by atoms with Gasteiger partial charge in [0.15, 0.2) is 0 Å². The molecule has 0 aliphatic carbocycles. The first-order valence-corrected chi connectivity index (χ1v) is 7.03. The van der Waals surface area contributed by atoms with Gasteiger partial charge in [0.25, 0.3) is 5.91 Å². The fraction of sp³-hybridized carbons (Fsp3) is 0. The molecule has 1 amide bonds. The summed E-state index contributed by atoms with van der Waals surface area (Å²) in [6.45, 7) is 0. The monoisotopic (exact) mass is 401 g/mol. The molecule has 102 valence electrons. The van der Waals surface area contributed by atoms with Crippen LogP contribution in [0.2, 0.25) is 5.02 Å². The fourth-order valence-electron chi connectivity index (χ4n) is 1.64. The molecular weight excluding hydrogens is 393 g/mol. The van der Waals surface area contributed by atoms with Gasteiger partial charge in [-0.05, 0) is 52.9 Å². The summed E-state index contributed by atoms with van der Waals surface area (Å²) < 4.78 is 0.786. The lowest BCUT2D eigenvalue weighted by molar-refractivity contribution is 0.0698. The molecule has 0 bridgehead atoms. The molecule has 4 nitrogen and oxygen atoms in total. The maximum atomic E-state index is 12.2. The third-order valence-corrected chi connectivity index (χ3v) is 3.75. The highest BCUT2D eigenvalue weighted by Gasteiger charge is 2.15. The topological polar surface area (TPSA) is 66.4 Å². The summed E-state index contributed by atoms with van der Waals surface area (Å²) in [6, 6.07) is 11.3. The second-order valence-electron chi connectivity index (χ2n) is 3.93. The number of amides is 1. The minimum Gasteiger partial charge on any atom is -0.478 e. The van der Waals surface area contributed by atoms with Crippen LogP contribution in [0.3, 0.4) is 0 Å². The van der Waals surface area contributed by atoms with E-state index in [0.29, 0.717) is 10.6 Å². The normalized spacial score (nSPS) is 10.1. The van der Waals surface area contributed by atoms with Gasteiger partial charge in [-0.15, -0.1) is 0 Å². The van der Waals surface area contributed by atoms with Crippen molar-refractivity contribution in [2.45, 2.75) is 0 Å². The minimum absolute atomic E-state index is 0.0446. The number of nitrogens with one attached hydrogen (secondary N) is 1. The van der Waals surface area contributed by atoms with Crippen molar-refractivity contribution in [2.24, 2.45) is 0 Å². The van der Waals surface area contributed by atoms with Crippen LogP contribution in [0.1, 0.15) is 20.7 Å². The molecule has 0 aliphatic heterocycles. The molecule has 0 saturated heterocycles. The number of hydrogen-bond acceptors (Lipinski definition) is 2. The molecule has 6 heteroatoms. The Balaban J connectivity index is 2.33. The number of benzene rings is 2. The third kappa shape index (κ3) is 3.29. The van der Waals surface area contributed by atoms with Crippen LogP contribution in [0.5, 0.6) is 0 Å². The molecule has 0 spiro atoms. The van der Waals surface area contributed by atoms with Crippen molar-refractivity contribution >= 4 is 51.8 Å². The maximum Gasteiger partial charge on any atom is 0.337 e. The van der Waals surface area contributed by atoms with E-state index in [4.69, 9.17) is 16.7 Å². The van der Waals surface area contributed by atoms with Crippen LogP contribution in [0.4, 0.5) is 5.69 Å². The molecule has 0 aromatic heterocycles. The van der Waals surface area contributed by atoms with Gasteiger partial charge < -0.3 is 10.4 Å². The van der Waals surface area contributed by atoms with Crippen molar-refractivity contribution in [3.8, 4) is 0 Å². The van der Waals surface area contributed by atoms with Gasteiger partial charge in [-0.2, -0.15) is 0 Å². The van der Waals surface area contributed by atoms with Crippen LogP contribution >= 0.6 is 34.2 Å². The lowest BCUT2D eigenvalue weighted by atomic mass is 10.1. The Morgan fingerprint density at radius 3 is 2.45 bits per heavy atom. The molecule has 0 heterocycles. The second kappa shape index (κ2) is 6.23. The lowest BCUT2D eigenvalue weighted by Gasteiger charge is -2.09. The number of aromatic carboxylic acids is 1. The van der Waals surface area contributed by atoms with Crippen molar-refractivity contribution < 1.29 is 14.7 Å². The third-order valence-electron chi connectivity index (χ3n) is 2.58. The second-order valence-corrected chi connectivity index (χ2v) is 5.53. The number of halogens is 2. The summed E-state index contributed by atoms with van der Waals surface area (Å²) in [7, 11) is 0. The summed E-state index contributed by atoms with van der Waals surface area (Å²) in [6.07, 6.45) is 0. The quantitative estimate of drug-likeness (QED) is 0.767. The van der Waals surface area contributed by atoms with Gasteiger partial charge in [-0.1, -0.05) is 23.7 Å². The predicted molar refractivity (Wildman–Crippen MR) is 85.5 cm³/mol. The summed E-state index contributed by atoms with van der Waals surface area (Å²) in [5.41, 5.74) is 0.655. The summed E-state index contributed by atoms with van der Waals surface area (Å²) >= 11 is 7.81. The molecule has 0 atom stereocenters. The number of hydrogen-bond donors (Lipinski definition) is 2. The van der Waals surface area contributed by atoms with E-state index < -0.39 is 5.97 Å². The number of carbonyl (C=O) groups is 2. The van der Waals surface area contributed by atoms with Crippen LogP contribution < -0.4 is 5.32 Å². The van der Waals surface area contributed by atoms with E-state index in [1.807, 2.05) is 28.7 Å². The van der Waals surface area contributed by atoms with E-state index in [2.05, 4.69) is 5.32 Å². The highest BCUT2D eigenvalue weighted by atomic mass is 127. The smallest absolute Gasteiger partial charge is 0.337 e. The van der Waals surface area contributed by atoms with Crippen LogP contribution in [0, 0.1) is 3.57 Å². The molecule has 20 heavy (non-hydrogen) atoms. The van der Waals surface area contributed by atoms with Crippen LogP contribution in [0.25, 0.3) is 0 Å². The van der Waals surface area contributed by atoms with Crippen LogP contribution in [-0.2, 0) is 0 Å². The Hall–Kier alpha value is -1.60. The molecule has 0 unspecified atom stereocenters. The standard InChI is InChI=1S/C14H9ClINO3/c15-8-5-6-12(10(7-8)14(19)20)17-13(18)9-3-1-2-4-11(9)16/h1-7H,(H,17,18)(H,19,20). The van der Waals surface area contributed by atoms with Gasteiger partial charge in [0.2, 0.25) is 0 Å². The van der Waals surface area contributed by atoms with Gasteiger partial charge in [0, 0.05) is 8.59 Å². The molecule has 0 saturated carbocycles. The van der Waals surface area contributed by atoms with Gasteiger partial charge >= 0.3 is 5.97 Å². The van der Waals surface area contributed by atoms with Gasteiger partial charge in [0.05, 0.1) is 16.8 Å². The SMILES string of the molecule is O=C(Nc1ccc(Cl)cc1C(=O)O)c1ccccc1I. The average molecular weight is 402 g/mol. The summed E-state index contributed by atoms with van der Waals surface area (Å²) in [4.78, 5) is 23.3. The van der Waals surface area contributed by atoms with Gasteiger partial charge in [0.1, 0.15) is 0 Å². The van der Waals surface area contributed by atoms with E-state index in [1.165, 1.54) is 18.2 Å². The Labute approximate surface area is 133 Å². The Morgan fingerprint density at radius 2 is 1.80 bits per heavy atom. The van der Waals surface area contributed by atoms with Gasteiger partial charge in [-0.25, -0.2) is 4.79 Å². The van der Waals surface area contributed by atoms with E-state index in [1.54, 1.807) is 18.2 Å². The zero-order valence-electron chi connectivity index (χ0n) is 10.1. The Morgan fingerprint density at radius 1 is 1.10 bits per heavy atom. The predicted octanol–water partition coefficient (Wildman–Crippen LogP) is 3.90. The zero-order chi connectivity index (χ0) is 14.7. The Kier molecular flexibility index (Phi) is 4.61. The van der Waals surface area contributed by atoms with Gasteiger partial charge in [-0.3, -0.25) is 4.79 Å². The average Bonchev–Trinajstić information content (AvgIpc) is 2.41. The lowest BCUT2D eigenvalue weighted by Crippen LogP contribution is -2.15. The van der Waals surface area contributed by atoms with Crippen molar-refractivity contribution in [3.05, 3.63) is 62.2 Å². The number of carbonyl (C=O) groups excluding carboxylic acids is 1. The van der Waals surface area contributed by atoms with Crippen molar-refractivity contribution in [3.63, 3.8) is 0 Å². The van der Waals surface area contributed by atoms with E-state index in [-0.39, 0.29) is 17.2 Å².